The summed E-state index contributed by atoms with van der Waals surface area (Å²) in [5.41, 5.74) is 1.95. The van der Waals surface area contributed by atoms with Crippen LogP contribution in [-0.2, 0) is 20.1 Å². The van der Waals surface area contributed by atoms with Gasteiger partial charge in [-0.2, -0.15) is 4.80 Å². The summed E-state index contributed by atoms with van der Waals surface area (Å²) in [6, 6.07) is 3.86. The van der Waals surface area contributed by atoms with Crippen molar-refractivity contribution in [3.05, 3.63) is 29.3 Å². The smallest absolute Gasteiger partial charge is 0.212 e. The summed E-state index contributed by atoms with van der Waals surface area (Å²) in [5, 5.41) is 11.7. The van der Waals surface area contributed by atoms with Crippen molar-refractivity contribution in [2.75, 3.05) is 0 Å². The summed E-state index contributed by atoms with van der Waals surface area (Å²) in [5.74, 6) is 1.35. The quantitative estimate of drug-likeness (QED) is 0.789. The van der Waals surface area contributed by atoms with Crippen LogP contribution >= 0.6 is 0 Å². The predicted molar refractivity (Wildman–Crippen MR) is 61.5 cm³/mol. The second-order valence-corrected chi connectivity index (χ2v) is 3.73. The molecule has 0 unspecified atom stereocenters. The number of ether oxygens (including phenoxy) is 1. The molecule has 0 aliphatic rings. The molecule has 0 radical (unpaired) electrons. The molecular weight excluding hydrogens is 218 g/mol. The summed E-state index contributed by atoms with van der Waals surface area (Å²) in [7, 11) is 1.72. The molecule has 2 heterocycles. The third-order valence-corrected chi connectivity index (χ3v) is 2.31. The lowest BCUT2D eigenvalue weighted by atomic mass is 10.2. The second-order valence-electron chi connectivity index (χ2n) is 3.73. The minimum Gasteiger partial charge on any atom is -0.484 e. The van der Waals surface area contributed by atoms with Crippen molar-refractivity contribution in [1.29, 1.82) is 0 Å². The van der Waals surface area contributed by atoms with E-state index in [1.807, 2.05) is 19.1 Å². The molecule has 6 nitrogen and oxygen atoms in total. The van der Waals surface area contributed by atoms with Crippen molar-refractivity contribution in [2.45, 2.75) is 26.9 Å². The van der Waals surface area contributed by atoms with Gasteiger partial charge in [0.15, 0.2) is 6.61 Å². The number of rotatable bonds is 4. The zero-order chi connectivity index (χ0) is 12.3. The Balaban J connectivity index is 2.08. The van der Waals surface area contributed by atoms with E-state index >= 15 is 0 Å². The normalized spacial score (nSPS) is 10.5. The van der Waals surface area contributed by atoms with Crippen LogP contribution in [0.5, 0.6) is 5.75 Å². The molecule has 0 saturated heterocycles. The van der Waals surface area contributed by atoms with Gasteiger partial charge in [-0.15, -0.1) is 10.2 Å². The zero-order valence-corrected chi connectivity index (χ0v) is 10.2. The van der Waals surface area contributed by atoms with Crippen LogP contribution in [0.15, 0.2) is 12.1 Å². The minimum absolute atomic E-state index is 0.311. The Hall–Kier alpha value is -1.98. The molecule has 0 aromatic carbocycles. The maximum Gasteiger partial charge on any atom is 0.212 e. The van der Waals surface area contributed by atoms with E-state index in [4.69, 9.17) is 4.74 Å². The fraction of sp³-hybridized carbons (Fsp3) is 0.455. The largest absolute Gasteiger partial charge is 0.484 e. The molecule has 0 bridgehead atoms. The Morgan fingerprint density at radius 1 is 1.35 bits per heavy atom. The third kappa shape index (κ3) is 2.77. The van der Waals surface area contributed by atoms with Gasteiger partial charge in [0.2, 0.25) is 5.82 Å². The molecule has 2 rings (SSSR count). The minimum atomic E-state index is 0.311. The van der Waals surface area contributed by atoms with E-state index in [1.165, 1.54) is 4.80 Å². The highest BCUT2D eigenvalue weighted by molar-refractivity contribution is 5.29. The van der Waals surface area contributed by atoms with Gasteiger partial charge in [0.05, 0.1) is 12.7 Å². The highest BCUT2D eigenvalue weighted by Gasteiger charge is 2.06. The van der Waals surface area contributed by atoms with E-state index in [-0.39, 0.29) is 0 Å². The van der Waals surface area contributed by atoms with Crippen LogP contribution in [0.3, 0.4) is 0 Å². The van der Waals surface area contributed by atoms with Gasteiger partial charge in [-0.25, -0.2) is 0 Å². The first kappa shape index (κ1) is 11.5. The second kappa shape index (κ2) is 4.90. The first-order valence-electron chi connectivity index (χ1n) is 5.51. The fourth-order valence-electron chi connectivity index (χ4n) is 1.51. The van der Waals surface area contributed by atoms with Crippen LogP contribution < -0.4 is 4.74 Å². The summed E-state index contributed by atoms with van der Waals surface area (Å²) < 4.78 is 5.64. The lowest BCUT2D eigenvalue weighted by Crippen LogP contribution is -2.02. The molecule has 0 fully saturated rings. The third-order valence-electron chi connectivity index (χ3n) is 2.31. The highest BCUT2D eigenvalue weighted by atomic mass is 16.5. The van der Waals surface area contributed by atoms with E-state index in [1.54, 1.807) is 7.05 Å². The van der Waals surface area contributed by atoms with Crippen LogP contribution in [-0.4, -0.2) is 25.2 Å². The molecule has 2 aromatic heterocycles. The monoisotopic (exact) mass is 233 g/mol. The van der Waals surface area contributed by atoms with Gasteiger partial charge < -0.3 is 4.74 Å². The maximum absolute atomic E-state index is 5.64. The molecule has 90 valence electrons. The number of aryl methyl sites for hydroxylation is 3. The Morgan fingerprint density at radius 3 is 2.82 bits per heavy atom. The van der Waals surface area contributed by atoms with Crippen LogP contribution in [0.4, 0.5) is 0 Å². The first-order chi connectivity index (χ1) is 8.19. The molecular formula is C11H15N5O. The van der Waals surface area contributed by atoms with Gasteiger partial charge in [-0.3, -0.25) is 4.98 Å². The molecule has 0 amide bonds. The summed E-state index contributed by atoms with van der Waals surface area (Å²) in [6.07, 6.45) is 0.838. The molecule has 0 atom stereocenters. The zero-order valence-electron chi connectivity index (χ0n) is 10.2. The SMILES string of the molecule is CCc1nc(C)ccc1OCc1nnn(C)n1. The predicted octanol–water partition coefficient (Wildman–Crippen LogP) is 1.05. The Bertz CT molecular complexity index is 508. The van der Waals surface area contributed by atoms with Crippen molar-refractivity contribution in [2.24, 2.45) is 7.05 Å². The van der Waals surface area contributed by atoms with Crippen LogP contribution in [0.1, 0.15) is 24.1 Å². The van der Waals surface area contributed by atoms with E-state index in [2.05, 4.69) is 27.3 Å². The number of hydrogen-bond acceptors (Lipinski definition) is 5. The van der Waals surface area contributed by atoms with Crippen LogP contribution in [0.2, 0.25) is 0 Å². The molecule has 0 aliphatic heterocycles. The van der Waals surface area contributed by atoms with Crippen molar-refractivity contribution >= 4 is 0 Å². The Kier molecular flexibility index (Phi) is 3.32. The summed E-state index contributed by atoms with van der Waals surface area (Å²) in [4.78, 5) is 5.83. The Morgan fingerprint density at radius 2 is 2.18 bits per heavy atom. The molecule has 0 aliphatic carbocycles. The number of tetrazole rings is 1. The van der Waals surface area contributed by atoms with Crippen molar-refractivity contribution < 1.29 is 4.74 Å². The topological polar surface area (TPSA) is 65.7 Å². The molecule has 0 N–H and O–H groups in total. The Labute approximate surface area is 99.6 Å². The van der Waals surface area contributed by atoms with Gasteiger partial charge in [0.25, 0.3) is 0 Å². The molecule has 0 spiro atoms. The number of hydrogen-bond donors (Lipinski definition) is 0. The van der Waals surface area contributed by atoms with E-state index in [0.717, 1.165) is 23.6 Å². The lowest BCUT2D eigenvalue weighted by Gasteiger charge is -2.08. The maximum atomic E-state index is 5.64. The average Bonchev–Trinajstić information content (AvgIpc) is 2.73. The van der Waals surface area contributed by atoms with E-state index in [0.29, 0.717) is 12.4 Å². The number of nitrogens with zero attached hydrogens (tertiary/aromatic N) is 5. The molecule has 17 heavy (non-hydrogen) atoms. The van der Waals surface area contributed by atoms with Crippen LogP contribution in [0.25, 0.3) is 0 Å². The van der Waals surface area contributed by atoms with Gasteiger partial charge >= 0.3 is 0 Å². The van der Waals surface area contributed by atoms with Crippen LogP contribution in [0, 0.1) is 6.92 Å². The highest BCUT2D eigenvalue weighted by Crippen LogP contribution is 2.18. The summed E-state index contributed by atoms with van der Waals surface area (Å²) in [6.45, 7) is 4.33. The molecule has 0 saturated carbocycles. The number of pyridine rings is 1. The summed E-state index contributed by atoms with van der Waals surface area (Å²) >= 11 is 0. The van der Waals surface area contributed by atoms with E-state index < -0.39 is 0 Å². The lowest BCUT2D eigenvalue weighted by molar-refractivity contribution is 0.290. The fourth-order valence-corrected chi connectivity index (χ4v) is 1.51. The van der Waals surface area contributed by atoms with Crippen molar-refractivity contribution in [3.63, 3.8) is 0 Å². The van der Waals surface area contributed by atoms with Gasteiger partial charge in [-0.1, -0.05) is 6.92 Å². The first-order valence-corrected chi connectivity index (χ1v) is 5.51. The van der Waals surface area contributed by atoms with Gasteiger partial charge in [0, 0.05) is 5.69 Å². The van der Waals surface area contributed by atoms with E-state index in [9.17, 15) is 0 Å². The molecule has 6 heteroatoms. The standard InChI is InChI=1S/C11H15N5O/c1-4-9-10(6-5-8(2)12-9)17-7-11-13-15-16(3)14-11/h5-6H,4,7H2,1-3H3. The average molecular weight is 233 g/mol. The van der Waals surface area contributed by atoms with Crippen molar-refractivity contribution in [1.82, 2.24) is 25.2 Å². The molecule has 2 aromatic rings. The number of aromatic nitrogens is 5. The van der Waals surface area contributed by atoms with Gasteiger partial charge in [0.1, 0.15) is 5.75 Å². The van der Waals surface area contributed by atoms with Gasteiger partial charge in [-0.05, 0) is 30.7 Å². The van der Waals surface area contributed by atoms with Crippen molar-refractivity contribution in [3.8, 4) is 5.75 Å².